The fraction of sp³-hybridized carbons (Fsp3) is 0.571. The lowest BCUT2D eigenvalue weighted by atomic mass is 9.93. The molecule has 1 aromatic rings. The number of amides is 2. The normalized spacial score (nSPS) is 18.2. The molecule has 2 rings (SSSR count). The Morgan fingerprint density at radius 1 is 1.30 bits per heavy atom. The average Bonchev–Trinajstić information content (AvgIpc) is 2.75. The highest BCUT2D eigenvalue weighted by Gasteiger charge is 2.38. The average molecular weight is 296 g/mol. The largest absolute Gasteiger partial charge is 0.368 e. The summed E-state index contributed by atoms with van der Waals surface area (Å²) in [4.78, 5) is 24.0. The van der Waals surface area contributed by atoms with Gasteiger partial charge in [0.25, 0.3) is 11.8 Å². The molecule has 1 aliphatic carbocycles. The maximum Gasteiger partial charge on any atom is 0.258 e. The number of carbonyl (C=O) groups is 2. The minimum atomic E-state index is -0.745. The van der Waals surface area contributed by atoms with Gasteiger partial charge in [-0.1, -0.05) is 25.7 Å². The van der Waals surface area contributed by atoms with Crippen molar-refractivity contribution in [1.82, 2.24) is 0 Å². The molecule has 0 aromatic carbocycles. The van der Waals surface area contributed by atoms with Crippen LogP contribution < -0.4 is 11.1 Å². The van der Waals surface area contributed by atoms with E-state index in [4.69, 9.17) is 10.5 Å². The summed E-state index contributed by atoms with van der Waals surface area (Å²) < 4.78 is 5.55. The van der Waals surface area contributed by atoms with E-state index >= 15 is 0 Å². The van der Waals surface area contributed by atoms with E-state index in [1.807, 2.05) is 0 Å². The van der Waals surface area contributed by atoms with Crippen molar-refractivity contribution in [2.24, 2.45) is 5.73 Å². The van der Waals surface area contributed by atoms with E-state index in [1.54, 1.807) is 18.6 Å². The summed E-state index contributed by atoms with van der Waals surface area (Å²) in [5.41, 5.74) is 5.07. The van der Waals surface area contributed by atoms with Crippen LogP contribution in [0, 0.1) is 0 Å². The lowest BCUT2D eigenvalue weighted by molar-refractivity contribution is -0.139. The molecule has 1 saturated carbocycles. The first kappa shape index (κ1) is 15.0. The molecule has 0 radical (unpaired) electrons. The molecule has 0 bridgehead atoms. The molecule has 0 unspecified atom stereocenters. The molecule has 0 saturated heterocycles. The summed E-state index contributed by atoms with van der Waals surface area (Å²) in [7, 11) is 1.59. The van der Waals surface area contributed by atoms with E-state index < -0.39 is 11.5 Å². The number of methoxy groups -OCH3 is 1. The van der Waals surface area contributed by atoms with Gasteiger partial charge in [-0.15, -0.1) is 11.3 Å². The van der Waals surface area contributed by atoms with Crippen LogP contribution in [-0.2, 0) is 9.53 Å². The van der Waals surface area contributed by atoms with Gasteiger partial charge in [0.1, 0.15) is 5.60 Å². The molecule has 1 aromatic heterocycles. The van der Waals surface area contributed by atoms with Crippen molar-refractivity contribution >= 4 is 28.8 Å². The quantitative estimate of drug-likeness (QED) is 0.838. The molecule has 3 N–H and O–H groups in total. The number of ether oxygens (including phenoxy) is 1. The Balaban J connectivity index is 2.09. The smallest absolute Gasteiger partial charge is 0.258 e. The first-order chi connectivity index (χ1) is 9.57. The highest BCUT2D eigenvalue weighted by Crippen LogP contribution is 2.31. The van der Waals surface area contributed by atoms with E-state index in [0.29, 0.717) is 10.6 Å². The third-order valence-electron chi connectivity index (χ3n) is 3.82. The van der Waals surface area contributed by atoms with Gasteiger partial charge in [0.15, 0.2) is 0 Å². The number of carbonyl (C=O) groups excluding carboxylic acids is 2. The summed E-state index contributed by atoms with van der Waals surface area (Å²) in [5, 5.41) is 4.57. The molecule has 2 amide bonds. The fourth-order valence-corrected chi connectivity index (χ4v) is 3.29. The second-order valence-corrected chi connectivity index (χ2v) is 6.04. The Hall–Kier alpha value is -1.40. The van der Waals surface area contributed by atoms with Crippen LogP contribution in [0.4, 0.5) is 5.69 Å². The molecular weight excluding hydrogens is 276 g/mol. The van der Waals surface area contributed by atoms with Gasteiger partial charge in [-0.3, -0.25) is 9.59 Å². The van der Waals surface area contributed by atoms with Crippen molar-refractivity contribution in [3.05, 3.63) is 16.3 Å². The zero-order valence-corrected chi connectivity index (χ0v) is 12.4. The predicted molar refractivity (Wildman–Crippen MR) is 78.9 cm³/mol. The molecular formula is C14H20N2O3S. The molecule has 1 aliphatic rings. The predicted octanol–water partition coefficient (Wildman–Crippen LogP) is 2.52. The molecule has 0 aliphatic heterocycles. The number of hydrogen-bond donors (Lipinski definition) is 2. The van der Waals surface area contributed by atoms with Crippen LogP contribution >= 0.6 is 11.3 Å². The van der Waals surface area contributed by atoms with E-state index in [2.05, 4.69) is 5.32 Å². The van der Waals surface area contributed by atoms with Crippen LogP contribution in [-0.4, -0.2) is 24.5 Å². The molecule has 1 fully saturated rings. The third-order valence-corrected chi connectivity index (χ3v) is 4.76. The number of anilines is 1. The van der Waals surface area contributed by atoms with Crippen LogP contribution in [0.1, 0.15) is 48.2 Å². The Morgan fingerprint density at radius 3 is 2.45 bits per heavy atom. The molecule has 1 heterocycles. The van der Waals surface area contributed by atoms with Crippen molar-refractivity contribution < 1.29 is 14.3 Å². The maximum atomic E-state index is 12.5. The monoisotopic (exact) mass is 296 g/mol. The number of primary amides is 1. The molecule has 20 heavy (non-hydrogen) atoms. The first-order valence-corrected chi connectivity index (χ1v) is 7.70. The van der Waals surface area contributed by atoms with Gasteiger partial charge in [-0.2, -0.15) is 0 Å². The summed E-state index contributed by atoms with van der Waals surface area (Å²) in [6.45, 7) is 0. The summed E-state index contributed by atoms with van der Waals surface area (Å²) in [5.74, 6) is -0.609. The van der Waals surface area contributed by atoms with Gasteiger partial charge in [-0.25, -0.2) is 0 Å². The molecule has 5 nitrogen and oxygen atoms in total. The number of nitrogens with two attached hydrogens (primary N) is 1. The van der Waals surface area contributed by atoms with Gasteiger partial charge in [0.2, 0.25) is 0 Å². The summed E-state index contributed by atoms with van der Waals surface area (Å²) in [6.07, 6.45) is 5.75. The molecule has 0 spiro atoms. The Bertz CT molecular complexity index is 490. The van der Waals surface area contributed by atoms with Crippen molar-refractivity contribution in [3.63, 3.8) is 0 Å². The number of rotatable bonds is 4. The van der Waals surface area contributed by atoms with E-state index in [-0.39, 0.29) is 5.91 Å². The number of nitrogens with one attached hydrogen (secondary N) is 1. The van der Waals surface area contributed by atoms with Crippen LogP contribution in [0.15, 0.2) is 11.4 Å². The fourth-order valence-electron chi connectivity index (χ4n) is 2.60. The lowest BCUT2D eigenvalue weighted by Gasteiger charge is -2.29. The molecule has 0 atom stereocenters. The van der Waals surface area contributed by atoms with Gasteiger partial charge in [-0.05, 0) is 18.9 Å². The van der Waals surface area contributed by atoms with Crippen molar-refractivity contribution in [2.75, 3.05) is 12.4 Å². The minimum absolute atomic E-state index is 0.129. The van der Waals surface area contributed by atoms with Gasteiger partial charge in [0.05, 0.1) is 10.6 Å². The maximum absolute atomic E-state index is 12.5. The van der Waals surface area contributed by atoms with Crippen LogP contribution in [0.2, 0.25) is 0 Å². The number of thiophene rings is 1. The summed E-state index contributed by atoms with van der Waals surface area (Å²) in [6, 6.07) is 1.60. The first-order valence-electron chi connectivity index (χ1n) is 6.82. The second-order valence-electron chi connectivity index (χ2n) is 5.13. The van der Waals surface area contributed by atoms with Gasteiger partial charge >= 0.3 is 0 Å². The standard InChI is InChI=1S/C14H20N2O3S/c1-19-14(6-4-2-3-5-7-14)13(18)16-10-8-11(12(15)17)20-9-10/h8-9H,2-7H2,1H3,(H2,15,17)(H,16,18). The van der Waals surface area contributed by atoms with Crippen molar-refractivity contribution in [1.29, 1.82) is 0 Å². The summed E-state index contributed by atoms with van der Waals surface area (Å²) >= 11 is 1.23. The molecule has 110 valence electrons. The highest BCUT2D eigenvalue weighted by atomic mass is 32.1. The van der Waals surface area contributed by atoms with Crippen LogP contribution in [0.25, 0.3) is 0 Å². The van der Waals surface area contributed by atoms with Crippen molar-refractivity contribution in [2.45, 2.75) is 44.1 Å². The zero-order chi connectivity index (χ0) is 14.6. The van der Waals surface area contributed by atoms with E-state index in [0.717, 1.165) is 38.5 Å². The Kier molecular flexibility index (Phi) is 4.77. The molecule has 6 heteroatoms. The van der Waals surface area contributed by atoms with Crippen LogP contribution in [0.3, 0.4) is 0 Å². The second kappa shape index (κ2) is 6.37. The van der Waals surface area contributed by atoms with Gasteiger partial charge in [0, 0.05) is 12.5 Å². The van der Waals surface area contributed by atoms with E-state index in [9.17, 15) is 9.59 Å². The van der Waals surface area contributed by atoms with Crippen molar-refractivity contribution in [3.8, 4) is 0 Å². The highest BCUT2D eigenvalue weighted by molar-refractivity contribution is 7.12. The number of hydrogen-bond acceptors (Lipinski definition) is 4. The topological polar surface area (TPSA) is 81.4 Å². The van der Waals surface area contributed by atoms with E-state index in [1.165, 1.54) is 11.3 Å². The zero-order valence-electron chi connectivity index (χ0n) is 11.6. The third kappa shape index (κ3) is 3.19. The van der Waals surface area contributed by atoms with Crippen LogP contribution in [0.5, 0.6) is 0 Å². The minimum Gasteiger partial charge on any atom is -0.368 e. The lowest BCUT2D eigenvalue weighted by Crippen LogP contribution is -2.44. The Labute approximate surface area is 122 Å². The van der Waals surface area contributed by atoms with Gasteiger partial charge < -0.3 is 15.8 Å². The SMILES string of the molecule is COC1(C(=O)Nc2csc(C(N)=O)c2)CCCCCC1. The Morgan fingerprint density at radius 2 is 1.95 bits per heavy atom.